The van der Waals surface area contributed by atoms with Crippen LogP contribution in [-0.2, 0) is 4.79 Å². The maximum absolute atomic E-state index is 11.2. The van der Waals surface area contributed by atoms with Crippen molar-refractivity contribution in [2.75, 3.05) is 19.7 Å². The van der Waals surface area contributed by atoms with Gasteiger partial charge in [-0.25, -0.2) is 0 Å². The van der Waals surface area contributed by atoms with E-state index in [9.17, 15) is 4.79 Å². The molecule has 0 aromatic heterocycles. The van der Waals surface area contributed by atoms with Gasteiger partial charge in [0.1, 0.15) is 0 Å². The van der Waals surface area contributed by atoms with Crippen molar-refractivity contribution < 1.29 is 9.90 Å². The lowest BCUT2D eigenvalue weighted by atomic mass is 10.3. The Kier molecular flexibility index (Phi) is 8.57. The third kappa shape index (κ3) is 9.48. The van der Waals surface area contributed by atoms with E-state index in [1.807, 2.05) is 13.8 Å². The van der Waals surface area contributed by atoms with Gasteiger partial charge in [-0.05, 0) is 33.2 Å². The molecular weight excluding hydrogens is 180 g/mol. The van der Waals surface area contributed by atoms with Crippen molar-refractivity contribution >= 4 is 5.91 Å². The number of rotatable bonds is 8. The lowest BCUT2D eigenvalue weighted by Crippen LogP contribution is -2.32. The fraction of sp³-hybridized carbons (Fsp3) is 0.900. The minimum absolute atomic E-state index is 0.0923. The first-order valence-electron chi connectivity index (χ1n) is 5.27. The average molecular weight is 202 g/mol. The van der Waals surface area contributed by atoms with E-state index in [4.69, 9.17) is 5.11 Å². The third-order valence-corrected chi connectivity index (χ3v) is 1.74. The van der Waals surface area contributed by atoms with Crippen LogP contribution in [0.15, 0.2) is 0 Å². The van der Waals surface area contributed by atoms with Crippen LogP contribution in [-0.4, -0.2) is 36.8 Å². The Bertz CT molecular complexity index is 149. The van der Waals surface area contributed by atoms with Crippen LogP contribution in [0.25, 0.3) is 0 Å². The first-order chi connectivity index (χ1) is 6.66. The number of amides is 1. The molecule has 0 aliphatic rings. The van der Waals surface area contributed by atoms with Gasteiger partial charge < -0.3 is 15.7 Å². The summed E-state index contributed by atoms with van der Waals surface area (Å²) >= 11 is 0. The average Bonchev–Trinajstić information content (AvgIpc) is 2.10. The molecular formula is C10H22N2O2. The summed E-state index contributed by atoms with van der Waals surface area (Å²) in [7, 11) is 0. The minimum Gasteiger partial charge on any atom is -0.396 e. The van der Waals surface area contributed by atoms with Gasteiger partial charge in [-0.2, -0.15) is 0 Å². The predicted octanol–water partition coefficient (Wildman–Crippen LogP) is 0.263. The molecule has 0 aliphatic heterocycles. The molecule has 0 aromatic carbocycles. The Morgan fingerprint density at radius 1 is 1.29 bits per heavy atom. The number of carbonyl (C=O) groups excluding carboxylic acids is 1. The fourth-order valence-corrected chi connectivity index (χ4v) is 1.08. The molecule has 14 heavy (non-hydrogen) atoms. The predicted molar refractivity (Wildman–Crippen MR) is 57.1 cm³/mol. The Labute approximate surface area is 86.1 Å². The second-order valence-electron chi connectivity index (χ2n) is 3.65. The molecule has 84 valence electrons. The van der Waals surface area contributed by atoms with Crippen molar-refractivity contribution in [1.82, 2.24) is 10.6 Å². The Hall–Kier alpha value is -0.610. The van der Waals surface area contributed by atoms with Crippen molar-refractivity contribution in [3.8, 4) is 0 Å². The zero-order chi connectivity index (χ0) is 10.8. The van der Waals surface area contributed by atoms with Crippen LogP contribution in [0, 0.1) is 0 Å². The first-order valence-corrected chi connectivity index (χ1v) is 5.27. The summed E-state index contributed by atoms with van der Waals surface area (Å²) in [5.74, 6) is 0.0923. The van der Waals surface area contributed by atoms with Crippen molar-refractivity contribution in [3.05, 3.63) is 0 Å². The summed E-state index contributed by atoms with van der Waals surface area (Å²) in [5.41, 5.74) is 0. The maximum atomic E-state index is 11.2. The van der Waals surface area contributed by atoms with Crippen LogP contribution in [0.4, 0.5) is 0 Å². The number of nitrogens with one attached hydrogen (secondary N) is 2. The molecule has 0 unspecified atom stereocenters. The number of carbonyl (C=O) groups is 1. The lowest BCUT2D eigenvalue weighted by molar-refractivity contribution is -0.121. The molecule has 0 atom stereocenters. The molecule has 0 radical (unpaired) electrons. The highest BCUT2D eigenvalue weighted by Crippen LogP contribution is 1.85. The molecule has 0 saturated heterocycles. The normalized spacial score (nSPS) is 10.6. The minimum atomic E-state index is 0.0923. The van der Waals surface area contributed by atoms with Gasteiger partial charge in [0.05, 0.1) is 0 Å². The van der Waals surface area contributed by atoms with Gasteiger partial charge in [-0.1, -0.05) is 0 Å². The molecule has 0 aliphatic carbocycles. The van der Waals surface area contributed by atoms with Crippen LogP contribution in [0.5, 0.6) is 0 Å². The summed E-state index contributed by atoms with van der Waals surface area (Å²) in [6, 6.07) is 0.219. The van der Waals surface area contributed by atoms with E-state index >= 15 is 0 Å². The summed E-state index contributed by atoms with van der Waals surface area (Å²) in [6.07, 6.45) is 2.31. The molecule has 0 fully saturated rings. The molecule has 0 bridgehead atoms. The smallest absolute Gasteiger partial charge is 0.221 e. The number of unbranched alkanes of at least 4 members (excludes halogenated alkanes) is 1. The van der Waals surface area contributed by atoms with Crippen LogP contribution < -0.4 is 10.6 Å². The van der Waals surface area contributed by atoms with Gasteiger partial charge in [-0.3, -0.25) is 4.79 Å². The topological polar surface area (TPSA) is 61.4 Å². The Balaban J connectivity index is 3.15. The van der Waals surface area contributed by atoms with E-state index in [-0.39, 0.29) is 18.6 Å². The van der Waals surface area contributed by atoms with Crippen molar-refractivity contribution in [3.63, 3.8) is 0 Å². The highest BCUT2D eigenvalue weighted by atomic mass is 16.2. The molecule has 0 aromatic rings. The molecule has 0 rings (SSSR count). The summed E-state index contributed by atoms with van der Waals surface area (Å²) < 4.78 is 0. The van der Waals surface area contributed by atoms with E-state index < -0.39 is 0 Å². The standard InChI is InChI=1S/C10H22N2O2/c1-9(2)12-10(14)5-7-11-6-3-4-8-13/h9,11,13H,3-8H2,1-2H3,(H,12,14). The van der Waals surface area contributed by atoms with Crippen LogP contribution >= 0.6 is 0 Å². The van der Waals surface area contributed by atoms with Crippen LogP contribution in [0.2, 0.25) is 0 Å². The van der Waals surface area contributed by atoms with Crippen LogP contribution in [0.3, 0.4) is 0 Å². The van der Waals surface area contributed by atoms with E-state index in [1.165, 1.54) is 0 Å². The van der Waals surface area contributed by atoms with Gasteiger partial charge in [0, 0.05) is 25.6 Å². The second kappa shape index (κ2) is 8.97. The van der Waals surface area contributed by atoms with Gasteiger partial charge in [0.25, 0.3) is 0 Å². The highest BCUT2D eigenvalue weighted by molar-refractivity contribution is 5.76. The summed E-state index contributed by atoms with van der Waals surface area (Å²) in [4.78, 5) is 11.2. The number of aliphatic hydroxyl groups is 1. The first kappa shape index (κ1) is 13.4. The fourth-order valence-electron chi connectivity index (χ4n) is 1.08. The summed E-state index contributed by atoms with van der Waals surface area (Å²) in [5, 5.41) is 14.5. The Morgan fingerprint density at radius 3 is 2.57 bits per heavy atom. The van der Waals surface area contributed by atoms with Gasteiger partial charge in [-0.15, -0.1) is 0 Å². The molecule has 0 spiro atoms. The SMILES string of the molecule is CC(C)NC(=O)CCNCCCCO. The van der Waals surface area contributed by atoms with E-state index in [2.05, 4.69) is 10.6 Å². The second-order valence-corrected chi connectivity index (χ2v) is 3.65. The van der Waals surface area contributed by atoms with Crippen molar-refractivity contribution in [2.24, 2.45) is 0 Å². The van der Waals surface area contributed by atoms with Crippen molar-refractivity contribution in [2.45, 2.75) is 39.2 Å². The molecule has 4 nitrogen and oxygen atoms in total. The van der Waals surface area contributed by atoms with Crippen molar-refractivity contribution in [1.29, 1.82) is 0 Å². The monoisotopic (exact) mass is 202 g/mol. The number of hydrogen-bond acceptors (Lipinski definition) is 3. The van der Waals surface area contributed by atoms with Gasteiger partial charge >= 0.3 is 0 Å². The van der Waals surface area contributed by atoms with Gasteiger partial charge in [0.2, 0.25) is 5.91 Å². The van der Waals surface area contributed by atoms with E-state index in [0.717, 1.165) is 19.4 Å². The quantitative estimate of drug-likeness (QED) is 0.495. The molecule has 0 saturated carbocycles. The number of aliphatic hydroxyl groups excluding tert-OH is 1. The zero-order valence-electron chi connectivity index (χ0n) is 9.18. The van der Waals surface area contributed by atoms with Crippen LogP contribution in [0.1, 0.15) is 33.1 Å². The largest absolute Gasteiger partial charge is 0.396 e. The third-order valence-electron chi connectivity index (χ3n) is 1.74. The summed E-state index contributed by atoms with van der Waals surface area (Å²) in [6.45, 7) is 5.73. The molecule has 4 heteroatoms. The molecule has 0 heterocycles. The zero-order valence-corrected chi connectivity index (χ0v) is 9.18. The Morgan fingerprint density at radius 2 is 2.00 bits per heavy atom. The van der Waals surface area contributed by atoms with Gasteiger partial charge in [0.15, 0.2) is 0 Å². The molecule has 3 N–H and O–H groups in total. The van der Waals surface area contributed by atoms with E-state index in [0.29, 0.717) is 13.0 Å². The highest BCUT2D eigenvalue weighted by Gasteiger charge is 2.01. The maximum Gasteiger partial charge on any atom is 0.221 e. The lowest BCUT2D eigenvalue weighted by Gasteiger charge is -2.08. The molecule has 1 amide bonds. The number of hydrogen-bond donors (Lipinski definition) is 3. The van der Waals surface area contributed by atoms with E-state index in [1.54, 1.807) is 0 Å².